The molecule has 2 heterocycles. The second-order valence-corrected chi connectivity index (χ2v) is 7.91. The molecular weight excluding hydrogens is 430 g/mol. The monoisotopic (exact) mass is 440 g/mol. The molecule has 0 bridgehead atoms. The van der Waals surface area contributed by atoms with Crippen molar-refractivity contribution < 1.29 is 23.8 Å². The molecule has 1 unspecified atom stereocenters. The quantitative estimate of drug-likeness (QED) is 0.603. The Morgan fingerprint density at radius 2 is 2.07 bits per heavy atom. The lowest BCUT2D eigenvalue weighted by atomic mass is 10.1. The van der Waals surface area contributed by atoms with E-state index in [4.69, 9.17) is 33.0 Å². The van der Waals surface area contributed by atoms with Crippen molar-refractivity contribution in [3.05, 3.63) is 51.2 Å². The first-order valence-corrected chi connectivity index (χ1v) is 9.64. The fourth-order valence-electron chi connectivity index (χ4n) is 2.95. The van der Waals surface area contributed by atoms with Gasteiger partial charge in [0.1, 0.15) is 22.1 Å². The van der Waals surface area contributed by atoms with Gasteiger partial charge in [-0.15, -0.1) is 11.3 Å². The number of hydrogen-bond acceptors (Lipinski definition) is 5. The third-order valence-electron chi connectivity index (χ3n) is 4.19. The topological polar surface area (TPSA) is 79.7 Å². The fraction of sp³-hybridized carbons (Fsp3) is 0.167. The number of rotatable bonds is 4. The molecule has 1 aromatic heterocycles. The summed E-state index contributed by atoms with van der Waals surface area (Å²) in [6.07, 6.45) is -1.60. The maximum atomic E-state index is 13.8. The number of nitrogens with zero attached hydrogens (tertiary/aromatic N) is 2. The zero-order valence-corrected chi connectivity index (χ0v) is 16.3. The van der Waals surface area contributed by atoms with Crippen LogP contribution in [0.1, 0.15) is 11.4 Å². The first-order valence-electron chi connectivity index (χ1n) is 8.07. The molecule has 28 heavy (non-hydrogen) atoms. The Labute approximate surface area is 172 Å². The summed E-state index contributed by atoms with van der Waals surface area (Å²) in [5, 5.41) is 9.36. The minimum Gasteiger partial charge on any atom is -0.481 e. The smallest absolute Gasteiger partial charge is 0.307 e. The third kappa shape index (κ3) is 3.28. The average Bonchev–Trinajstić information content (AvgIpc) is 3.05. The molecule has 4 rings (SSSR count). The molecule has 1 aliphatic heterocycles. The highest BCUT2D eigenvalue weighted by Crippen LogP contribution is 2.39. The van der Waals surface area contributed by atoms with Crippen LogP contribution in [0.4, 0.5) is 10.1 Å². The van der Waals surface area contributed by atoms with E-state index in [-0.39, 0.29) is 16.6 Å². The van der Waals surface area contributed by atoms with Gasteiger partial charge >= 0.3 is 5.97 Å². The maximum absolute atomic E-state index is 13.8. The molecule has 0 saturated heterocycles. The molecule has 144 valence electrons. The zero-order valence-electron chi connectivity index (χ0n) is 14.0. The molecule has 6 nitrogen and oxygen atoms in total. The van der Waals surface area contributed by atoms with Crippen molar-refractivity contribution in [2.45, 2.75) is 19.1 Å². The van der Waals surface area contributed by atoms with Gasteiger partial charge in [0.2, 0.25) is 0 Å². The number of carboxylic acids is 1. The van der Waals surface area contributed by atoms with Crippen molar-refractivity contribution in [3.63, 3.8) is 0 Å². The number of benzene rings is 2. The molecule has 1 atom stereocenters. The molecule has 0 saturated carbocycles. The van der Waals surface area contributed by atoms with Gasteiger partial charge < -0.3 is 9.84 Å². The number of carbonyl (C=O) groups is 2. The van der Waals surface area contributed by atoms with E-state index in [0.717, 1.165) is 0 Å². The number of fused-ring (bicyclic) bond motifs is 2. The Balaban J connectivity index is 1.73. The van der Waals surface area contributed by atoms with Crippen molar-refractivity contribution in [2.75, 3.05) is 4.90 Å². The van der Waals surface area contributed by atoms with Crippen LogP contribution < -0.4 is 9.64 Å². The highest BCUT2D eigenvalue weighted by Gasteiger charge is 2.36. The molecule has 1 amide bonds. The second kappa shape index (κ2) is 7.20. The van der Waals surface area contributed by atoms with Crippen LogP contribution in [0.2, 0.25) is 10.0 Å². The van der Waals surface area contributed by atoms with E-state index in [2.05, 4.69) is 4.98 Å². The number of para-hydroxylation sites is 2. The Morgan fingerprint density at radius 1 is 1.32 bits per heavy atom. The summed E-state index contributed by atoms with van der Waals surface area (Å²) in [5.74, 6) is -1.88. The Bertz CT molecular complexity index is 1120. The standard InChI is InChI=1S/C18H11Cl2FN2O4S/c19-15-8(21)5-12-17(16(15)20)22-13(28-12)7-23-9-3-1-2-4-10(9)27-11(18(23)26)6-14(24)25/h1-5,11H,6-7H2,(H,24,25). The number of anilines is 1. The summed E-state index contributed by atoms with van der Waals surface area (Å²) in [4.78, 5) is 29.7. The van der Waals surface area contributed by atoms with E-state index in [9.17, 15) is 14.0 Å². The van der Waals surface area contributed by atoms with Crippen LogP contribution in [0.25, 0.3) is 10.2 Å². The number of ether oxygens (including phenoxy) is 1. The number of amides is 1. The SMILES string of the molecule is O=C(O)CC1Oc2ccccc2N(Cc2nc3c(Cl)c(Cl)c(F)cc3s2)C1=O. The lowest BCUT2D eigenvalue weighted by Gasteiger charge is -2.33. The molecule has 2 aromatic carbocycles. The summed E-state index contributed by atoms with van der Waals surface area (Å²) in [6.45, 7) is 0.0598. The van der Waals surface area contributed by atoms with Crippen LogP contribution >= 0.6 is 34.5 Å². The van der Waals surface area contributed by atoms with Crippen molar-refractivity contribution in [1.82, 2.24) is 4.98 Å². The lowest BCUT2D eigenvalue weighted by molar-refractivity contribution is -0.142. The number of hydrogen-bond donors (Lipinski definition) is 1. The normalized spacial score (nSPS) is 16.2. The Kier molecular flexibility index (Phi) is 4.86. The van der Waals surface area contributed by atoms with Gasteiger partial charge in [-0.2, -0.15) is 0 Å². The highest BCUT2D eigenvalue weighted by molar-refractivity contribution is 7.18. The van der Waals surface area contributed by atoms with E-state index < -0.39 is 30.2 Å². The fourth-order valence-corrected chi connectivity index (χ4v) is 4.38. The van der Waals surface area contributed by atoms with Gasteiger partial charge in [-0.05, 0) is 18.2 Å². The lowest BCUT2D eigenvalue weighted by Crippen LogP contribution is -2.46. The van der Waals surface area contributed by atoms with Crippen LogP contribution in [0, 0.1) is 5.82 Å². The number of carbonyl (C=O) groups excluding carboxylic acids is 1. The molecule has 10 heteroatoms. The van der Waals surface area contributed by atoms with Crippen LogP contribution in [0.3, 0.4) is 0 Å². The number of carboxylic acid groups (broad SMARTS) is 1. The maximum Gasteiger partial charge on any atom is 0.307 e. The molecule has 3 aromatic rings. The number of thiazole rings is 1. The van der Waals surface area contributed by atoms with E-state index >= 15 is 0 Å². The Morgan fingerprint density at radius 3 is 2.82 bits per heavy atom. The number of aromatic nitrogens is 1. The number of aliphatic carboxylic acids is 1. The highest BCUT2D eigenvalue weighted by atomic mass is 35.5. The molecule has 1 aliphatic rings. The first-order chi connectivity index (χ1) is 13.3. The molecule has 0 radical (unpaired) electrons. The van der Waals surface area contributed by atoms with Gasteiger partial charge in [0.15, 0.2) is 6.10 Å². The predicted molar refractivity (Wildman–Crippen MR) is 104 cm³/mol. The number of halogens is 3. The minimum atomic E-state index is -1.14. The van der Waals surface area contributed by atoms with Crippen LogP contribution in [0.15, 0.2) is 30.3 Å². The molecule has 0 aliphatic carbocycles. The average molecular weight is 441 g/mol. The van der Waals surface area contributed by atoms with E-state index in [1.54, 1.807) is 24.3 Å². The van der Waals surface area contributed by atoms with Crippen molar-refractivity contribution in [1.29, 1.82) is 0 Å². The van der Waals surface area contributed by atoms with Crippen molar-refractivity contribution in [3.8, 4) is 5.75 Å². The van der Waals surface area contributed by atoms with Gasteiger partial charge in [0.25, 0.3) is 5.91 Å². The van der Waals surface area contributed by atoms with E-state index in [1.165, 1.54) is 22.3 Å². The summed E-state index contributed by atoms with van der Waals surface area (Å²) in [6, 6.07) is 8.07. The minimum absolute atomic E-state index is 0.0108. The predicted octanol–water partition coefficient (Wildman–Crippen LogP) is 4.51. The summed E-state index contributed by atoms with van der Waals surface area (Å²) in [5.41, 5.74) is 0.854. The van der Waals surface area contributed by atoms with Crippen LogP contribution in [0.5, 0.6) is 5.75 Å². The van der Waals surface area contributed by atoms with E-state index in [1.807, 2.05) is 0 Å². The third-order valence-corrected chi connectivity index (χ3v) is 6.01. The largest absolute Gasteiger partial charge is 0.481 e. The summed E-state index contributed by atoms with van der Waals surface area (Å²) >= 11 is 13.1. The van der Waals surface area contributed by atoms with Gasteiger partial charge in [-0.1, -0.05) is 35.3 Å². The first kappa shape index (κ1) is 18.9. The van der Waals surface area contributed by atoms with Gasteiger partial charge in [0.05, 0.1) is 33.4 Å². The van der Waals surface area contributed by atoms with Gasteiger partial charge in [0, 0.05) is 0 Å². The molecular formula is C18H11Cl2FN2O4S. The molecule has 0 spiro atoms. The molecule has 1 N–H and O–H groups in total. The van der Waals surface area contributed by atoms with Gasteiger partial charge in [-0.3, -0.25) is 14.5 Å². The molecule has 0 fully saturated rings. The van der Waals surface area contributed by atoms with Crippen molar-refractivity contribution in [2.24, 2.45) is 0 Å². The van der Waals surface area contributed by atoms with Gasteiger partial charge in [-0.25, -0.2) is 9.37 Å². The van der Waals surface area contributed by atoms with Crippen molar-refractivity contribution >= 4 is 62.3 Å². The van der Waals surface area contributed by atoms with E-state index in [0.29, 0.717) is 26.7 Å². The Hall–Kier alpha value is -2.42. The zero-order chi connectivity index (χ0) is 20.0. The second-order valence-electron chi connectivity index (χ2n) is 6.04. The van der Waals surface area contributed by atoms with Crippen LogP contribution in [-0.2, 0) is 16.1 Å². The summed E-state index contributed by atoms with van der Waals surface area (Å²) < 4.78 is 19.9. The van der Waals surface area contributed by atoms with Crippen LogP contribution in [-0.4, -0.2) is 28.1 Å². The summed E-state index contributed by atoms with van der Waals surface area (Å²) in [7, 11) is 0.